The molecule has 0 unspecified atom stereocenters. The topological polar surface area (TPSA) is 67.5 Å². The van der Waals surface area contributed by atoms with E-state index in [4.69, 9.17) is 5.11 Å². The molecule has 2 heterocycles. The number of halogens is 1. The second-order valence-corrected chi connectivity index (χ2v) is 4.02. The molecule has 78 valence electrons. The fraction of sp³-hybridized carbons (Fsp3) is 0.222. The Labute approximate surface area is 99.3 Å². The Morgan fingerprint density at radius 2 is 2.40 bits per heavy atom. The summed E-state index contributed by atoms with van der Waals surface area (Å²) in [6.07, 6.45) is 5.73. The Hall–Kier alpha value is -1.18. The minimum Gasteiger partial charge on any atom is -0.481 e. The van der Waals surface area contributed by atoms with Crippen molar-refractivity contribution in [3.8, 4) is 0 Å². The number of aromatic nitrogens is 3. The van der Waals surface area contributed by atoms with Crippen LogP contribution in [-0.2, 0) is 11.2 Å². The van der Waals surface area contributed by atoms with E-state index in [-0.39, 0.29) is 6.42 Å². The van der Waals surface area contributed by atoms with Crippen molar-refractivity contribution >= 4 is 34.1 Å². The lowest BCUT2D eigenvalue weighted by Gasteiger charge is -1.95. The lowest BCUT2D eigenvalue weighted by molar-refractivity contribution is -0.136. The van der Waals surface area contributed by atoms with E-state index in [0.29, 0.717) is 6.42 Å². The highest BCUT2D eigenvalue weighted by Crippen LogP contribution is 2.14. The molecule has 0 aromatic carbocycles. The largest absolute Gasteiger partial charge is 0.481 e. The summed E-state index contributed by atoms with van der Waals surface area (Å²) in [6.45, 7) is 0. The van der Waals surface area contributed by atoms with Crippen molar-refractivity contribution in [2.75, 3.05) is 0 Å². The fourth-order valence-corrected chi connectivity index (χ4v) is 2.08. The molecular formula is C9H8IN3O2. The van der Waals surface area contributed by atoms with Crippen LogP contribution in [0.5, 0.6) is 0 Å². The van der Waals surface area contributed by atoms with Crippen LogP contribution in [0.1, 0.15) is 12.1 Å². The molecule has 0 radical (unpaired) electrons. The van der Waals surface area contributed by atoms with Gasteiger partial charge in [-0.25, -0.2) is 4.98 Å². The van der Waals surface area contributed by atoms with Gasteiger partial charge in [-0.05, 0) is 0 Å². The number of hydrogen-bond donors (Lipinski definition) is 1. The van der Waals surface area contributed by atoms with Gasteiger partial charge in [0.15, 0.2) is 3.83 Å². The molecule has 0 aliphatic carbocycles. The summed E-state index contributed by atoms with van der Waals surface area (Å²) in [5, 5.41) is 8.60. The monoisotopic (exact) mass is 317 g/mol. The number of carboxylic acids is 1. The van der Waals surface area contributed by atoms with Crippen LogP contribution in [0.2, 0.25) is 0 Å². The zero-order valence-electron chi connectivity index (χ0n) is 7.72. The first-order valence-electron chi connectivity index (χ1n) is 4.36. The number of aliphatic carboxylic acids is 1. The molecule has 1 N–H and O–H groups in total. The van der Waals surface area contributed by atoms with Gasteiger partial charge in [0.05, 0.1) is 23.8 Å². The van der Waals surface area contributed by atoms with Crippen LogP contribution in [0.3, 0.4) is 0 Å². The smallest absolute Gasteiger partial charge is 0.303 e. The van der Waals surface area contributed by atoms with Crippen molar-refractivity contribution in [2.24, 2.45) is 0 Å². The Kier molecular flexibility index (Phi) is 2.85. The number of carboxylic acid groups (broad SMARTS) is 1. The molecule has 0 aliphatic heterocycles. The lowest BCUT2D eigenvalue weighted by Crippen LogP contribution is -1.98. The van der Waals surface area contributed by atoms with E-state index in [1.165, 1.54) is 0 Å². The summed E-state index contributed by atoms with van der Waals surface area (Å²) in [5.74, 6) is -0.810. The van der Waals surface area contributed by atoms with Crippen molar-refractivity contribution in [3.63, 3.8) is 0 Å². The van der Waals surface area contributed by atoms with Crippen LogP contribution in [0.25, 0.3) is 5.52 Å². The minimum atomic E-state index is -0.810. The van der Waals surface area contributed by atoms with Gasteiger partial charge in [0.2, 0.25) is 0 Å². The molecule has 2 aromatic rings. The highest BCUT2D eigenvalue weighted by atomic mass is 127. The molecule has 0 spiro atoms. The van der Waals surface area contributed by atoms with Gasteiger partial charge in [-0.15, -0.1) is 0 Å². The van der Waals surface area contributed by atoms with E-state index in [0.717, 1.165) is 15.0 Å². The predicted octanol–water partition coefficient (Wildman–Crippen LogP) is 1.35. The highest BCUT2D eigenvalue weighted by molar-refractivity contribution is 14.1. The number of rotatable bonds is 3. The van der Waals surface area contributed by atoms with Crippen LogP contribution >= 0.6 is 22.6 Å². The first kappa shape index (κ1) is 10.3. The van der Waals surface area contributed by atoms with Crippen LogP contribution < -0.4 is 0 Å². The summed E-state index contributed by atoms with van der Waals surface area (Å²) >= 11 is 2.11. The number of aryl methyl sites for hydroxylation is 1. The summed E-state index contributed by atoms with van der Waals surface area (Å²) < 4.78 is 2.72. The summed E-state index contributed by atoms with van der Waals surface area (Å²) in [4.78, 5) is 18.8. The molecule has 0 saturated heterocycles. The van der Waals surface area contributed by atoms with Gasteiger partial charge < -0.3 is 5.11 Å². The average molecular weight is 317 g/mol. The van der Waals surface area contributed by atoms with Gasteiger partial charge >= 0.3 is 5.97 Å². The van der Waals surface area contributed by atoms with Gasteiger partial charge in [0, 0.05) is 41.4 Å². The van der Waals surface area contributed by atoms with E-state index in [1.54, 1.807) is 12.4 Å². The molecule has 0 amide bonds. The van der Waals surface area contributed by atoms with Crippen LogP contribution in [0, 0.1) is 3.83 Å². The molecule has 0 atom stereocenters. The quantitative estimate of drug-likeness (QED) is 0.868. The Morgan fingerprint density at radius 1 is 1.60 bits per heavy atom. The number of nitrogens with zero attached hydrogens (tertiary/aromatic N) is 3. The second kappa shape index (κ2) is 4.13. The first-order chi connectivity index (χ1) is 7.18. The molecular weight excluding hydrogens is 309 g/mol. The second-order valence-electron chi connectivity index (χ2n) is 3.05. The molecule has 2 aromatic heterocycles. The number of imidazole rings is 1. The van der Waals surface area contributed by atoms with E-state index < -0.39 is 5.97 Å². The normalized spacial score (nSPS) is 10.7. The van der Waals surface area contributed by atoms with E-state index in [9.17, 15) is 4.79 Å². The summed E-state index contributed by atoms with van der Waals surface area (Å²) in [5.41, 5.74) is 1.66. The Balaban J connectivity index is 2.39. The zero-order chi connectivity index (χ0) is 10.8. The maximum atomic E-state index is 10.5. The van der Waals surface area contributed by atoms with Crippen LogP contribution in [-0.4, -0.2) is 25.4 Å². The molecule has 5 nitrogen and oxygen atoms in total. The van der Waals surface area contributed by atoms with Crippen molar-refractivity contribution in [1.82, 2.24) is 14.4 Å². The third-order valence-corrected chi connectivity index (χ3v) is 2.82. The molecule has 0 aliphatic rings. The van der Waals surface area contributed by atoms with Gasteiger partial charge in [-0.3, -0.25) is 14.2 Å². The molecule has 6 heteroatoms. The van der Waals surface area contributed by atoms with E-state index >= 15 is 0 Å². The maximum Gasteiger partial charge on any atom is 0.303 e. The van der Waals surface area contributed by atoms with Gasteiger partial charge in [-0.1, -0.05) is 0 Å². The van der Waals surface area contributed by atoms with E-state index in [2.05, 4.69) is 32.6 Å². The molecule has 0 fully saturated rings. The SMILES string of the molecule is O=C(O)CCc1nc(I)n2ccncc12. The maximum absolute atomic E-state index is 10.5. The number of hydrogen-bond acceptors (Lipinski definition) is 3. The van der Waals surface area contributed by atoms with E-state index in [1.807, 2.05) is 10.6 Å². The fourth-order valence-electron chi connectivity index (χ4n) is 1.37. The Morgan fingerprint density at radius 3 is 3.13 bits per heavy atom. The average Bonchev–Trinajstić information content (AvgIpc) is 2.54. The number of carbonyl (C=O) groups is 1. The summed E-state index contributed by atoms with van der Waals surface area (Å²) in [6, 6.07) is 0. The highest BCUT2D eigenvalue weighted by Gasteiger charge is 2.09. The van der Waals surface area contributed by atoms with Gasteiger partial charge in [0.1, 0.15) is 0 Å². The van der Waals surface area contributed by atoms with Crippen LogP contribution in [0.4, 0.5) is 0 Å². The Bertz CT molecular complexity index is 509. The lowest BCUT2D eigenvalue weighted by atomic mass is 10.2. The van der Waals surface area contributed by atoms with Crippen molar-refractivity contribution in [1.29, 1.82) is 0 Å². The third-order valence-electron chi connectivity index (χ3n) is 2.06. The molecule has 15 heavy (non-hydrogen) atoms. The van der Waals surface area contributed by atoms with Gasteiger partial charge in [-0.2, -0.15) is 0 Å². The third kappa shape index (κ3) is 2.09. The van der Waals surface area contributed by atoms with Crippen molar-refractivity contribution in [2.45, 2.75) is 12.8 Å². The zero-order valence-corrected chi connectivity index (χ0v) is 9.88. The minimum absolute atomic E-state index is 0.0949. The van der Waals surface area contributed by atoms with Gasteiger partial charge in [0.25, 0.3) is 0 Å². The summed E-state index contributed by atoms with van der Waals surface area (Å²) in [7, 11) is 0. The van der Waals surface area contributed by atoms with Crippen molar-refractivity contribution < 1.29 is 9.90 Å². The molecule has 0 saturated carbocycles. The first-order valence-corrected chi connectivity index (χ1v) is 5.44. The standard InChI is InChI=1S/C9H8IN3O2/c10-9-12-6(1-2-8(14)15)7-5-11-3-4-13(7)9/h3-5H,1-2H2,(H,14,15). The molecule has 2 rings (SSSR count). The molecule has 0 bridgehead atoms. The number of fused-ring (bicyclic) bond motifs is 1. The predicted molar refractivity (Wildman–Crippen MR) is 61.7 cm³/mol. The van der Waals surface area contributed by atoms with Crippen LogP contribution in [0.15, 0.2) is 18.6 Å². The van der Waals surface area contributed by atoms with Crippen molar-refractivity contribution in [3.05, 3.63) is 28.1 Å².